The van der Waals surface area contributed by atoms with Gasteiger partial charge in [0.1, 0.15) is 12.3 Å². The van der Waals surface area contributed by atoms with Gasteiger partial charge in [-0.15, -0.1) is 0 Å². The van der Waals surface area contributed by atoms with Crippen molar-refractivity contribution in [3.63, 3.8) is 0 Å². The van der Waals surface area contributed by atoms with Crippen LogP contribution in [0.1, 0.15) is 18.4 Å². The first-order valence-electron chi connectivity index (χ1n) is 8.42. The molecule has 0 unspecified atom stereocenters. The monoisotopic (exact) mass is 362 g/mol. The molecule has 138 valence electrons. The van der Waals surface area contributed by atoms with Gasteiger partial charge in [-0.05, 0) is 30.5 Å². The van der Waals surface area contributed by atoms with Gasteiger partial charge in [0.25, 0.3) is 0 Å². The number of aliphatic hydroxyl groups is 1. The second-order valence-corrected chi connectivity index (χ2v) is 6.19. The smallest absolute Gasteiger partial charge is 0.411 e. The second kappa shape index (κ2) is 8.14. The molecular weight excluding hydrogens is 342 g/mol. The number of hydrogen-bond acceptors (Lipinski definition) is 4. The van der Waals surface area contributed by atoms with Crippen molar-refractivity contribution in [2.45, 2.75) is 25.6 Å². The Balaban J connectivity index is 1.63. The fourth-order valence-electron chi connectivity index (χ4n) is 2.91. The highest BCUT2D eigenvalue weighted by Crippen LogP contribution is 2.29. The first kappa shape index (κ1) is 18.1. The van der Waals surface area contributed by atoms with E-state index in [-0.39, 0.29) is 18.0 Å². The fourth-order valence-corrected chi connectivity index (χ4v) is 2.91. The van der Waals surface area contributed by atoms with E-state index < -0.39 is 23.8 Å². The van der Waals surface area contributed by atoms with Gasteiger partial charge in [-0.2, -0.15) is 0 Å². The normalized spacial score (nSPS) is 15.0. The van der Waals surface area contributed by atoms with Crippen molar-refractivity contribution in [2.75, 3.05) is 23.3 Å². The minimum absolute atomic E-state index is 0.0149. The van der Waals surface area contributed by atoms with Crippen molar-refractivity contribution in [3.05, 3.63) is 59.7 Å². The van der Waals surface area contributed by atoms with E-state index in [0.717, 1.165) is 17.7 Å². The quantitative estimate of drug-likeness (QED) is 0.871. The molecule has 7 heteroatoms. The molecule has 3 rings (SSSR count). The second-order valence-electron chi connectivity index (χ2n) is 6.19. The minimum Gasteiger partial charge on any atom is -0.444 e. The molecule has 1 aliphatic rings. The molecule has 0 saturated carbocycles. The highest BCUT2D eigenvalue weighted by atomic mass is 19.1. The molecule has 0 atom stereocenters. The van der Waals surface area contributed by atoms with E-state index >= 15 is 0 Å². The Labute approximate surface area is 150 Å². The Bertz CT molecular complexity index is 740. The van der Waals surface area contributed by atoms with E-state index in [0.29, 0.717) is 25.9 Å². The molecule has 1 aliphatic heterocycles. The van der Waals surface area contributed by atoms with Crippen LogP contribution in [-0.4, -0.2) is 30.4 Å². The highest BCUT2D eigenvalue weighted by Gasteiger charge is 2.23. The number of amides is 1. The maximum Gasteiger partial charge on any atom is 0.411 e. The molecule has 0 bridgehead atoms. The lowest BCUT2D eigenvalue weighted by Gasteiger charge is -2.32. The average molecular weight is 362 g/mol. The number of rotatable bonds is 4. The van der Waals surface area contributed by atoms with Crippen molar-refractivity contribution in [3.8, 4) is 0 Å². The van der Waals surface area contributed by atoms with Crippen molar-refractivity contribution >= 4 is 17.5 Å². The van der Waals surface area contributed by atoms with E-state index in [1.807, 2.05) is 18.2 Å². The number of nitrogens with zero attached hydrogens (tertiary/aromatic N) is 1. The number of carbonyl (C=O) groups is 1. The van der Waals surface area contributed by atoms with Crippen LogP contribution in [0.3, 0.4) is 0 Å². The Morgan fingerprint density at radius 1 is 1.15 bits per heavy atom. The predicted octanol–water partition coefficient (Wildman–Crippen LogP) is 3.67. The summed E-state index contributed by atoms with van der Waals surface area (Å²) in [6.07, 6.45) is -0.297. The lowest BCUT2D eigenvalue weighted by atomic mass is 10.1. The van der Waals surface area contributed by atoms with Gasteiger partial charge in [0.2, 0.25) is 0 Å². The zero-order valence-electron chi connectivity index (χ0n) is 14.1. The summed E-state index contributed by atoms with van der Waals surface area (Å²) in [6, 6.07) is 11.2. The Hall–Kier alpha value is -2.67. The van der Waals surface area contributed by atoms with Crippen molar-refractivity contribution < 1.29 is 23.4 Å². The van der Waals surface area contributed by atoms with E-state index in [4.69, 9.17) is 4.74 Å². The molecular formula is C19H20F2N2O3. The number of piperidine rings is 1. The molecule has 2 aromatic carbocycles. The third-order valence-electron chi connectivity index (χ3n) is 4.26. The van der Waals surface area contributed by atoms with Crippen LogP contribution in [0.4, 0.5) is 25.0 Å². The summed E-state index contributed by atoms with van der Waals surface area (Å²) in [7, 11) is 0. The zero-order valence-corrected chi connectivity index (χ0v) is 14.1. The van der Waals surface area contributed by atoms with E-state index in [1.165, 1.54) is 0 Å². The average Bonchev–Trinajstić information content (AvgIpc) is 2.62. The van der Waals surface area contributed by atoms with E-state index in [9.17, 15) is 18.7 Å². The van der Waals surface area contributed by atoms with E-state index in [2.05, 4.69) is 5.32 Å². The molecule has 0 radical (unpaired) electrons. The van der Waals surface area contributed by atoms with Crippen LogP contribution in [0.2, 0.25) is 0 Å². The summed E-state index contributed by atoms with van der Waals surface area (Å²) >= 11 is 0. The minimum atomic E-state index is -0.790. The number of halogens is 2. The molecule has 2 N–H and O–H groups in total. The van der Waals surface area contributed by atoms with Gasteiger partial charge in [0.05, 0.1) is 6.10 Å². The highest BCUT2D eigenvalue weighted by molar-refractivity contribution is 5.85. The summed E-state index contributed by atoms with van der Waals surface area (Å²) in [5.41, 5.74) is 0.654. The molecule has 0 aliphatic carbocycles. The molecule has 5 nitrogen and oxygen atoms in total. The van der Waals surface area contributed by atoms with Gasteiger partial charge in [0, 0.05) is 18.8 Å². The van der Waals surface area contributed by atoms with Crippen molar-refractivity contribution in [1.82, 2.24) is 0 Å². The summed E-state index contributed by atoms with van der Waals surface area (Å²) in [5, 5.41) is 11.8. The lowest BCUT2D eigenvalue weighted by Crippen LogP contribution is -2.36. The largest absolute Gasteiger partial charge is 0.444 e. The van der Waals surface area contributed by atoms with Crippen LogP contribution in [0.25, 0.3) is 0 Å². The third-order valence-corrected chi connectivity index (χ3v) is 4.26. The van der Waals surface area contributed by atoms with Crippen molar-refractivity contribution in [1.29, 1.82) is 0 Å². The van der Waals surface area contributed by atoms with Crippen LogP contribution in [-0.2, 0) is 11.3 Å². The van der Waals surface area contributed by atoms with Crippen LogP contribution >= 0.6 is 0 Å². The van der Waals surface area contributed by atoms with Crippen molar-refractivity contribution in [2.24, 2.45) is 0 Å². The Kier molecular flexibility index (Phi) is 5.68. The van der Waals surface area contributed by atoms with Gasteiger partial charge < -0.3 is 14.7 Å². The number of nitrogens with one attached hydrogen (secondary N) is 1. The molecule has 1 heterocycles. The molecule has 26 heavy (non-hydrogen) atoms. The van der Waals surface area contributed by atoms with E-state index in [1.54, 1.807) is 17.0 Å². The number of carbonyl (C=O) groups excluding carboxylic acids is 1. The summed E-state index contributed by atoms with van der Waals surface area (Å²) in [6.45, 7) is 0.813. The number of hydrogen-bond donors (Lipinski definition) is 2. The Morgan fingerprint density at radius 3 is 2.38 bits per heavy atom. The maximum atomic E-state index is 14.4. The van der Waals surface area contributed by atoms with Gasteiger partial charge in [0.15, 0.2) is 11.6 Å². The van der Waals surface area contributed by atoms with Crippen LogP contribution < -0.4 is 10.2 Å². The maximum absolute atomic E-state index is 14.4. The molecule has 0 spiro atoms. The fraction of sp³-hybridized carbons (Fsp3) is 0.316. The predicted molar refractivity (Wildman–Crippen MR) is 94.1 cm³/mol. The van der Waals surface area contributed by atoms with Crippen LogP contribution in [0, 0.1) is 11.6 Å². The molecule has 1 amide bonds. The summed E-state index contributed by atoms with van der Waals surface area (Å²) in [5.74, 6) is -1.53. The van der Waals surface area contributed by atoms with Gasteiger partial charge >= 0.3 is 6.09 Å². The van der Waals surface area contributed by atoms with Crippen LogP contribution in [0.15, 0.2) is 42.5 Å². The summed E-state index contributed by atoms with van der Waals surface area (Å²) in [4.78, 5) is 13.4. The van der Waals surface area contributed by atoms with Gasteiger partial charge in [-0.1, -0.05) is 30.3 Å². The molecule has 0 aromatic heterocycles. The Morgan fingerprint density at radius 2 is 1.77 bits per heavy atom. The first-order chi connectivity index (χ1) is 12.5. The topological polar surface area (TPSA) is 61.8 Å². The number of aliphatic hydroxyl groups excluding tert-OH is 1. The SMILES string of the molecule is O=C(Nc1cc(F)c(N2CCC(O)CC2)c(F)c1)OCc1ccccc1. The number of ether oxygens (including phenoxy) is 1. The molecule has 1 saturated heterocycles. The third kappa shape index (κ3) is 4.49. The molecule has 1 fully saturated rings. The standard InChI is InChI=1S/C19H20F2N2O3/c20-16-10-14(22-19(25)26-12-13-4-2-1-3-5-13)11-17(21)18(16)23-8-6-15(24)7-9-23/h1-5,10-11,15,24H,6-9,12H2,(H,22,25). The van der Waals surface area contributed by atoms with Crippen LogP contribution in [0.5, 0.6) is 0 Å². The first-order valence-corrected chi connectivity index (χ1v) is 8.42. The van der Waals surface area contributed by atoms with Gasteiger partial charge in [-0.3, -0.25) is 5.32 Å². The number of anilines is 2. The molecule has 2 aromatic rings. The number of benzene rings is 2. The lowest BCUT2D eigenvalue weighted by molar-refractivity contribution is 0.145. The zero-order chi connectivity index (χ0) is 18.5. The van der Waals surface area contributed by atoms with Gasteiger partial charge in [-0.25, -0.2) is 13.6 Å². The summed E-state index contributed by atoms with van der Waals surface area (Å²) < 4.78 is 33.8.